The van der Waals surface area contributed by atoms with Gasteiger partial charge in [-0.15, -0.1) is 0 Å². The van der Waals surface area contributed by atoms with Crippen LogP contribution in [-0.2, 0) is 9.47 Å². The third-order valence-electron chi connectivity index (χ3n) is 2.22. The summed E-state index contributed by atoms with van der Waals surface area (Å²) >= 11 is 0. The van der Waals surface area contributed by atoms with Gasteiger partial charge in [0.25, 0.3) is 0 Å². The van der Waals surface area contributed by atoms with Crippen LogP contribution in [0.5, 0.6) is 0 Å². The number of nitriles is 1. The molecule has 0 bridgehead atoms. The predicted molar refractivity (Wildman–Crippen MR) is 57.8 cm³/mol. The number of carbonyl (C=O) groups is 1. The fourth-order valence-corrected chi connectivity index (χ4v) is 1.51. The molecule has 1 fully saturated rings. The van der Waals surface area contributed by atoms with Crippen molar-refractivity contribution in [2.75, 3.05) is 19.8 Å². The molecule has 5 heteroatoms. The molecule has 0 aromatic rings. The highest BCUT2D eigenvalue weighted by molar-refractivity contribution is 5.69. The molecule has 5 nitrogen and oxygen atoms in total. The van der Waals surface area contributed by atoms with Gasteiger partial charge >= 0.3 is 6.09 Å². The van der Waals surface area contributed by atoms with Crippen LogP contribution in [0.2, 0.25) is 0 Å². The van der Waals surface area contributed by atoms with E-state index < -0.39 is 11.7 Å². The number of hydrogen-bond donors (Lipinski definition) is 0. The molecule has 1 rings (SSSR count). The average molecular weight is 226 g/mol. The zero-order valence-corrected chi connectivity index (χ0v) is 10.0. The number of nitrogens with zero attached hydrogens (tertiary/aromatic N) is 2. The minimum atomic E-state index is -0.537. The Morgan fingerprint density at radius 1 is 1.62 bits per heavy atom. The molecule has 1 atom stereocenters. The van der Waals surface area contributed by atoms with Crippen LogP contribution >= 0.6 is 0 Å². The second kappa shape index (κ2) is 5.17. The van der Waals surface area contributed by atoms with Gasteiger partial charge in [0.05, 0.1) is 18.7 Å². The molecule has 1 amide bonds. The highest BCUT2D eigenvalue weighted by Gasteiger charge is 2.30. The zero-order chi connectivity index (χ0) is 12.2. The number of ether oxygens (including phenoxy) is 2. The second-order valence-electron chi connectivity index (χ2n) is 4.78. The summed E-state index contributed by atoms with van der Waals surface area (Å²) in [6.07, 6.45) is 0.325. The van der Waals surface area contributed by atoms with E-state index in [-0.39, 0.29) is 12.6 Å². The van der Waals surface area contributed by atoms with E-state index in [0.717, 1.165) is 6.42 Å². The Kier molecular flexibility index (Phi) is 4.13. The van der Waals surface area contributed by atoms with Gasteiger partial charge in [0, 0.05) is 6.61 Å². The minimum absolute atomic E-state index is 0.0329. The van der Waals surface area contributed by atoms with Crippen molar-refractivity contribution >= 4 is 6.09 Å². The van der Waals surface area contributed by atoms with Crippen LogP contribution in [0.3, 0.4) is 0 Å². The van der Waals surface area contributed by atoms with Crippen LogP contribution in [0, 0.1) is 11.3 Å². The standard InChI is InChI=1S/C11H18N2O3/c1-11(2,3)16-10(14)13(6-5-12)9-4-7-15-8-9/h9H,4,6-8H2,1-3H3. The van der Waals surface area contributed by atoms with Crippen molar-refractivity contribution in [3.8, 4) is 6.07 Å². The first kappa shape index (κ1) is 12.8. The second-order valence-corrected chi connectivity index (χ2v) is 4.78. The van der Waals surface area contributed by atoms with Gasteiger partial charge in [-0.1, -0.05) is 0 Å². The summed E-state index contributed by atoms with van der Waals surface area (Å²) < 4.78 is 10.5. The molecule has 16 heavy (non-hydrogen) atoms. The first-order chi connectivity index (χ1) is 7.44. The van der Waals surface area contributed by atoms with E-state index in [1.807, 2.05) is 6.07 Å². The summed E-state index contributed by atoms with van der Waals surface area (Å²) in [5.74, 6) is 0. The summed E-state index contributed by atoms with van der Waals surface area (Å²) in [6.45, 7) is 6.58. The molecule has 0 spiro atoms. The van der Waals surface area contributed by atoms with Gasteiger partial charge in [0.2, 0.25) is 0 Å². The normalized spacial score (nSPS) is 20.2. The molecule has 90 valence electrons. The Balaban J connectivity index is 2.62. The van der Waals surface area contributed by atoms with Crippen LogP contribution in [0.15, 0.2) is 0 Å². The van der Waals surface area contributed by atoms with Gasteiger partial charge in [-0.3, -0.25) is 4.90 Å². The predicted octanol–water partition coefficient (Wildman–Crippen LogP) is 1.54. The molecule has 1 unspecified atom stereocenters. The van der Waals surface area contributed by atoms with Crippen LogP contribution < -0.4 is 0 Å². The molecule has 0 radical (unpaired) electrons. The third-order valence-corrected chi connectivity index (χ3v) is 2.22. The van der Waals surface area contributed by atoms with Crippen LogP contribution in [0.1, 0.15) is 27.2 Å². The first-order valence-corrected chi connectivity index (χ1v) is 5.38. The SMILES string of the molecule is CC(C)(C)OC(=O)N(CC#N)C1CCOC1. The average Bonchev–Trinajstić information content (AvgIpc) is 2.63. The Morgan fingerprint density at radius 3 is 2.75 bits per heavy atom. The molecule has 1 saturated heterocycles. The fourth-order valence-electron chi connectivity index (χ4n) is 1.51. The van der Waals surface area contributed by atoms with Gasteiger partial charge in [0.1, 0.15) is 12.1 Å². The smallest absolute Gasteiger partial charge is 0.411 e. The highest BCUT2D eigenvalue weighted by atomic mass is 16.6. The summed E-state index contributed by atoms with van der Waals surface area (Å²) in [7, 11) is 0. The van der Waals surface area contributed by atoms with Crippen LogP contribution in [0.25, 0.3) is 0 Å². The van der Waals surface area contributed by atoms with Crippen LogP contribution in [-0.4, -0.2) is 42.4 Å². The molecule has 0 N–H and O–H groups in total. The Labute approximate surface area is 95.9 Å². The van der Waals surface area contributed by atoms with E-state index in [2.05, 4.69) is 0 Å². The Morgan fingerprint density at radius 2 is 2.31 bits per heavy atom. The van der Waals surface area contributed by atoms with E-state index in [9.17, 15) is 4.79 Å². The van der Waals surface area contributed by atoms with Crippen molar-refractivity contribution in [1.29, 1.82) is 5.26 Å². The van der Waals surface area contributed by atoms with Crippen molar-refractivity contribution in [2.24, 2.45) is 0 Å². The number of amides is 1. The highest BCUT2D eigenvalue weighted by Crippen LogP contribution is 2.16. The number of carbonyl (C=O) groups excluding carboxylic acids is 1. The molecular weight excluding hydrogens is 208 g/mol. The van der Waals surface area contributed by atoms with Crippen molar-refractivity contribution in [3.63, 3.8) is 0 Å². The first-order valence-electron chi connectivity index (χ1n) is 5.38. The molecule has 1 aliphatic rings. The van der Waals surface area contributed by atoms with Gasteiger partial charge in [-0.05, 0) is 27.2 Å². The van der Waals surface area contributed by atoms with E-state index in [1.54, 1.807) is 20.8 Å². The monoisotopic (exact) mass is 226 g/mol. The Hall–Kier alpha value is -1.28. The summed E-state index contributed by atoms with van der Waals surface area (Å²) in [4.78, 5) is 13.3. The van der Waals surface area contributed by atoms with E-state index in [4.69, 9.17) is 14.7 Å². The van der Waals surface area contributed by atoms with Crippen molar-refractivity contribution in [2.45, 2.75) is 38.8 Å². The molecule has 1 aliphatic heterocycles. The third kappa shape index (κ3) is 3.70. The molecular formula is C11H18N2O3. The van der Waals surface area contributed by atoms with E-state index in [0.29, 0.717) is 13.2 Å². The molecule has 0 aromatic heterocycles. The molecule has 0 aliphatic carbocycles. The zero-order valence-electron chi connectivity index (χ0n) is 10.0. The minimum Gasteiger partial charge on any atom is -0.444 e. The quantitative estimate of drug-likeness (QED) is 0.670. The lowest BCUT2D eigenvalue weighted by Crippen LogP contribution is -2.43. The van der Waals surface area contributed by atoms with E-state index in [1.165, 1.54) is 4.90 Å². The molecule has 0 aromatic carbocycles. The lowest BCUT2D eigenvalue weighted by Gasteiger charge is -2.29. The fraction of sp³-hybridized carbons (Fsp3) is 0.818. The lowest BCUT2D eigenvalue weighted by molar-refractivity contribution is 0.0179. The summed E-state index contributed by atoms with van der Waals surface area (Å²) in [5.41, 5.74) is -0.537. The van der Waals surface area contributed by atoms with E-state index >= 15 is 0 Å². The lowest BCUT2D eigenvalue weighted by atomic mass is 10.2. The van der Waals surface area contributed by atoms with Crippen molar-refractivity contribution in [1.82, 2.24) is 4.90 Å². The molecule has 1 heterocycles. The maximum Gasteiger partial charge on any atom is 0.411 e. The van der Waals surface area contributed by atoms with Gasteiger partial charge in [0.15, 0.2) is 0 Å². The van der Waals surface area contributed by atoms with Gasteiger partial charge in [-0.2, -0.15) is 5.26 Å². The number of rotatable bonds is 2. The number of hydrogen-bond acceptors (Lipinski definition) is 4. The summed E-state index contributed by atoms with van der Waals surface area (Å²) in [5, 5.41) is 8.70. The van der Waals surface area contributed by atoms with Gasteiger partial charge < -0.3 is 9.47 Å². The van der Waals surface area contributed by atoms with Crippen molar-refractivity contribution < 1.29 is 14.3 Å². The van der Waals surface area contributed by atoms with Crippen molar-refractivity contribution in [3.05, 3.63) is 0 Å². The van der Waals surface area contributed by atoms with Crippen LogP contribution in [0.4, 0.5) is 4.79 Å². The molecule has 0 saturated carbocycles. The largest absolute Gasteiger partial charge is 0.444 e. The summed E-state index contributed by atoms with van der Waals surface area (Å²) in [6, 6.07) is 1.95. The Bertz CT molecular complexity index is 285. The van der Waals surface area contributed by atoms with Gasteiger partial charge in [-0.25, -0.2) is 4.79 Å². The topological polar surface area (TPSA) is 62.6 Å². The maximum atomic E-state index is 11.8. The maximum absolute atomic E-state index is 11.8.